The standard InChI is InChI=1S/C21H26/c1-20(2,3)17-12-9-13-18-19(17)16(14-21(18,4)5)15-10-7-6-8-11-15/h6-13,16H,14H2,1-5H3. The molecule has 0 heterocycles. The molecule has 1 aliphatic rings. The van der Waals surface area contributed by atoms with Crippen LogP contribution in [0.2, 0.25) is 0 Å². The van der Waals surface area contributed by atoms with Gasteiger partial charge in [-0.1, -0.05) is 83.1 Å². The van der Waals surface area contributed by atoms with Gasteiger partial charge in [-0.3, -0.25) is 0 Å². The monoisotopic (exact) mass is 278 g/mol. The molecule has 1 aliphatic carbocycles. The van der Waals surface area contributed by atoms with Gasteiger partial charge in [-0.15, -0.1) is 0 Å². The topological polar surface area (TPSA) is 0 Å². The lowest BCUT2D eigenvalue weighted by Crippen LogP contribution is -2.16. The van der Waals surface area contributed by atoms with Gasteiger partial charge in [-0.05, 0) is 39.5 Å². The zero-order chi connectivity index (χ0) is 15.3. The quantitative estimate of drug-likeness (QED) is 0.618. The average Bonchev–Trinajstić information content (AvgIpc) is 2.71. The van der Waals surface area contributed by atoms with Crippen LogP contribution in [0.4, 0.5) is 0 Å². The molecule has 0 bridgehead atoms. The van der Waals surface area contributed by atoms with Gasteiger partial charge in [0.2, 0.25) is 0 Å². The maximum absolute atomic E-state index is 2.39. The minimum atomic E-state index is 0.193. The molecule has 2 aromatic carbocycles. The van der Waals surface area contributed by atoms with E-state index >= 15 is 0 Å². The van der Waals surface area contributed by atoms with Gasteiger partial charge in [0.1, 0.15) is 0 Å². The third kappa shape index (κ3) is 2.41. The van der Waals surface area contributed by atoms with Crippen LogP contribution in [-0.4, -0.2) is 0 Å². The molecule has 110 valence electrons. The molecular formula is C21H26. The summed E-state index contributed by atoms with van der Waals surface area (Å²) in [6.07, 6.45) is 1.21. The summed E-state index contributed by atoms with van der Waals surface area (Å²) in [7, 11) is 0. The SMILES string of the molecule is CC(C)(C)c1cccc2c1C(c1ccccc1)CC2(C)C. The molecule has 0 heteroatoms. The smallest absolute Gasteiger partial charge is 0.0103 e. The molecule has 0 fully saturated rings. The zero-order valence-corrected chi connectivity index (χ0v) is 13.9. The molecule has 0 spiro atoms. The predicted molar refractivity (Wildman–Crippen MR) is 91.1 cm³/mol. The Kier molecular flexibility index (Phi) is 3.24. The molecule has 1 unspecified atom stereocenters. The first-order valence-electron chi connectivity index (χ1n) is 7.99. The second kappa shape index (κ2) is 4.73. The summed E-state index contributed by atoms with van der Waals surface area (Å²) in [5, 5.41) is 0. The number of benzene rings is 2. The Morgan fingerprint density at radius 1 is 0.905 bits per heavy atom. The largest absolute Gasteiger partial charge is 0.0622 e. The maximum Gasteiger partial charge on any atom is 0.0103 e. The molecule has 3 rings (SSSR count). The average molecular weight is 278 g/mol. The summed E-state index contributed by atoms with van der Waals surface area (Å²) in [5.74, 6) is 0.534. The molecule has 0 N–H and O–H groups in total. The highest BCUT2D eigenvalue weighted by Gasteiger charge is 2.40. The predicted octanol–water partition coefficient (Wildman–Crippen LogP) is 5.80. The third-order valence-electron chi connectivity index (χ3n) is 4.91. The van der Waals surface area contributed by atoms with Crippen molar-refractivity contribution in [3.05, 3.63) is 70.8 Å². The second-order valence-electron chi connectivity index (χ2n) is 8.07. The van der Waals surface area contributed by atoms with Crippen LogP contribution in [0.15, 0.2) is 48.5 Å². The maximum atomic E-state index is 2.39. The fourth-order valence-corrected chi connectivity index (χ4v) is 3.88. The summed E-state index contributed by atoms with van der Waals surface area (Å²) >= 11 is 0. The van der Waals surface area contributed by atoms with Gasteiger partial charge >= 0.3 is 0 Å². The highest BCUT2D eigenvalue weighted by Crippen LogP contribution is 2.51. The third-order valence-corrected chi connectivity index (χ3v) is 4.91. The Balaban J connectivity index is 2.23. The van der Waals surface area contributed by atoms with Crippen molar-refractivity contribution in [3.63, 3.8) is 0 Å². The molecule has 0 radical (unpaired) electrons. The molecule has 1 atom stereocenters. The molecule has 2 aromatic rings. The van der Waals surface area contributed by atoms with Crippen LogP contribution >= 0.6 is 0 Å². The first kappa shape index (κ1) is 14.4. The van der Waals surface area contributed by atoms with E-state index in [-0.39, 0.29) is 10.8 Å². The lowest BCUT2D eigenvalue weighted by Gasteiger charge is -2.26. The van der Waals surface area contributed by atoms with E-state index in [4.69, 9.17) is 0 Å². The van der Waals surface area contributed by atoms with E-state index in [0.29, 0.717) is 5.92 Å². The highest BCUT2D eigenvalue weighted by molar-refractivity contribution is 5.53. The van der Waals surface area contributed by atoms with Crippen molar-refractivity contribution in [1.29, 1.82) is 0 Å². The fourth-order valence-electron chi connectivity index (χ4n) is 3.88. The van der Waals surface area contributed by atoms with Crippen LogP contribution in [0, 0.1) is 0 Å². The molecule has 0 aromatic heterocycles. The molecule has 0 saturated heterocycles. The summed E-state index contributed by atoms with van der Waals surface area (Å²) < 4.78 is 0. The molecular weight excluding hydrogens is 252 g/mol. The number of hydrogen-bond acceptors (Lipinski definition) is 0. The lowest BCUT2D eigenvalue weighted by molar-refractivity contribution is 0.498. The van der Waals surface area contributed by atoms with E-state index in [0.717, 1.165) is 0 Å². The van der Waals surface area contributed by atoms with Crippen LogP contribution in [-0.2, 0) is 10.8 Å². The van der Waals surface area contributed by atoms with Crippen molar-refractivity contribution in [1.82, 2.24) is 0 Å². The van der Waals surface area contributed by atoms with Gasteiger partial charge in [0.15, 0.2) is 0 Å². The molecule has 0 saturated carbocycles. The summed E-state index contributed by atoms with van der Waals surface area (Å²) in [6.45, 7) is 11.8. The van der Waals surface area contributed by atoms with Crippen molar-refractivity contribution < 1.29 is 0 Å². The Hall–Kier alpha value is -1.56. The minimum Gasteiger partial charge on any atom is -0.0622 e. The Bertz CT molecular complexity index is 641. The van der Waals surface area contributed by atoms with Crippen molar-refractivity contribution in [2.45, 2.75) is 57.8 Å². The van der Waals surface area contributed by atoms with Gasteiger partial charge in [-0.2, -0.15) is 0 Å². The normalized spacial score (nSPS) is 20.3. The Labute approximate surface area is 129 Å². The molecule has 0 aliphatic heterocycles. The van der Waals surface area contributed by atoms with Crippen LogP contribution in [0.3, 0.4) is 0 Å². The van der Waals surface area contributed by atoms with Crippen molar-refractivity contribution >= 4 is 0 Å². The Morgan fingerprint density at radius 2 is 1.57 bits per heavy atom. The van der Waals surface area contributed by atoms with Crippen molar-refractivity contribution in [3.8, 4) is 0 Å². The summed E-state index contributed by atoms with van der Waals surface area (Å²) in [5.41, 5.74) is 6.56. The fraction of sp³-hybridized carbons (Fsp3) is 0.429. The first-order valence-corrected chi connectivity index (χ1v) is 7.99. The van der Waals surface area contributed by atoms with Gasteiger partial charge in [0, 0.05) is 5.92 Å². The number of hydrogen-bond donors (Lipinski definition) is 0. The van der Waals surface area contributed by atoms with Crippen LogP contribution in [0.25, 0.3) is 0 Å². The Morgan fingerprint density at radius 3 is 2.19 bits per heavy atom. The van der Waals surface area contributed by atoms with E-state index in [2.05, 4.69) is 83.1 Å². The van der Waals surface area contributed by atoms with E-state index in [1.54, 1.807) is 11.1 Å². The van der Waals surface area contributed by atoms with Crippen LogP contribution in [0.5, 0.6) is 0 Å². The van der Waals surface area contributed by atoms with Gasteiger partial charge in [-0.25, -0.2) is 0 Å². The van der Waals surface area contributed by atoms with Crippen molar-refractivity contribution in [2.24, 2.45) is 0 Å². The van der Waals surface area contributed by atoms with E-state index in [9.17, 15) is 0 Å². The van der Waals surface area contributed by atoms with E-state index in [1.807, 2.05) is 0 Å². The molecule has 0 nitrogen and oxygen atoms in total. The van der Waals surface area contributed by atoms with Crippen molar-refractivity contribution in [2.75, 3.05) is 0 Å². The zero-order valence-electron chi connectivity index (χ0n) is 13.9. The van der Waals surface area contributed by atoms with E-state index < -0.39 is 0 Å². The molecule has 0 amide bonds. The first-order chi connectivity index (χ1) is 9.81. The van der Waals surface area contributed by atoms with Crippen LogP contribution < -0.4 is 0 Å². The second-order valence-corrected chi connectivity index (χ2v) is 8.07. The summed E-state index contributed by atoms with van der Waals surface area (Å²) in [6, 6.07) is 17.9. The van der Waals surface area contributed by atoms with Crippen LogP contribution in [0.1, 0.15) is 69.2 Å². The molecule has 21 heavy (non-hydrogen) atoms. The summed E-state index contributed by atoms with van der Waals surface area (Å²) in [4.78, 5) is 0. The van der Waals surface area contributed by atoms with E-state index in [1.165, 1.54) is 17.5 Å². The lowest BCUT2D eigenvalue weighted by atomic mass is 9.78. The number of fused-ring (bicyclic) bond motifs is 1. The number of rotatable bonds is 1. The van der Waals surface area contributed by atoms with Gasteiger partial charge in [0.05, 0.1) is 0 Å². The minimum absolute atomic E-state index is 0.193. The van der Waals surface area contributed by atoms with Gasteiger partial charge in [0.25, 0.3) is 0 Å². The van der Waals surface area contributed by atoms with Gasteiger partial charge < -0.3 is 0 Å². The highest BCUT2D eigenvalue weighted by atomic mass is 14.4.